The van der Waals surface area contributed by atoms with E-state index in [-0.39, 0.29) is 51.4 Å². The standard InChI is InChI=1S/C48H72N2O6/c1-31(2)40-34(51)27-48(25-26-50(38(52)30-49(10)11)29-32-15-13-12-14-16-32)24-23-46(8)33(41(40)48)17-18-36-45(7)21-20-37(56-39(53)28-43(3,4)42(54)55)44(5,6)35(45)19-22-47(36,46)9/h12-16,31,33,35-37H,17-30H2,1-11H3,(H,54,55). The van der Waals surface area contributed by atoms with E-state index in [4.69, 9.17) is 4.74 Å². The number of nitrogens with zero attached hydrogens (tertiary/aromatic N) is 2. The van der Waals surface area contributed by atoms with Gasteiger partial charge < -0.3 is 19.6 Å². The molecule has 5 aliphatic rings. The van der Waals surface area contributed by atoms with Crippen LogP contribution in [0.4, 0.5) is 0 Å². The zero-order chi connectivity index (χ0) is 41.2. The Bertz CT molecular complexity index is 1730. The molecular weight excluding hydrogens is 701 g/mol. The van der Waals surface area contributed by atoms with Crippen molar-refractivity contribution < 1.29 is 29.0 Å². The Morgan fingerprint density at radius 1 is 0.893 bits per heavy atom. The number of ether oxygens (including phenoxy) is 1. The van der Waals surface area contributed by atoms with Crippen molar-refractivity contribution >= 4 is 23.6 Å². The number of allylic oxidation sites excluding steroid dienone is 2. The summed E-state index contributed by atoms with van der Waals surface area (Å²) in [6.07, 6.45) is 9.24. The minimum absolute atomic E-state index is 0.0355. The summed E-state index contributed by atoms with van der Waals surface area (Å²) in [5.74, 6) is 0.448. The van der Waals surface area contributed by atoms with E-state index < -0.39 is 17.4 Å². The number of hydrogen-bond donors (Lipinski definition) is 1. The molecule has 4 fully saturated rings. The molecule has 310 valence electrons. The fourth-order valence-corrected chi connectivity index (χ4v) is 13.7. The van der Waals surface area contributed by atoms with Crippen molar-refractivity contribution in [2.45, 2.75) is 146 Å². The Morgan fingerprint density at radius 2 is 1.57 bits per heavy atom. The van der Waals surface area contributed by atoms with Gasteiger partial charge in [0.15, 0.2) is 5.78 Å². The summed E-state index contributed by atoms with van der Waals surface area (Å²) in [4.78, 5) is 56.9. The lowest BCUT2D eigenvalue weighted by atomic mass is 9.33. The first-order valence-corrected chi connectivity index (χ1v) is 21.7. The Balaban J connectivity index is 1.28. The molecule has 8 nitrogen and oxygen atoms in total. The van der Waals surface area contributed by atoms with Crippen LogP contribution in [-0.4, -0.2) is 71.8 Å². The first kappa shape index (κ1) is 42.6. The molecule has 0 heterocycles. The second-order valence-corrected chi connectivity index (χ2v) is 21.5. The number of benzene rings is 1. The fourth-order valence-electron chi connectivity index (χ4n) is 13.7. The second-order valence-electron chi connectivity index (χ2n) is 21.5. The Labute approximate surface area is 337 Å². The van der Waals surface area contributed by atoms with Crippen molar-refractivity contribution in [2.24, 2.45) is 56.2 Å². The number of Topliss-reactive ketones (excluding diaryl/α,β-unsaturated/α-hetero) is 1. The predicted molar refractivity (Wildman–Crippen MR) is 220 cm³/mol. The van der Waals surface area contributed by atoms with Crippen molar-refractivity contribution in [2.75, 3.05) is 27.2 Å². The Hall–Kier alpha value is -3.00. The van der Waals surface area contributed by atoms with Gasteiger partial charge in [-0.2, -0.15) is 0 Å². The topological polar surface area (TPSA) is 104 Å². The largest absolute Gasteiger partial charge is 0.481 e. The highest BCUT2D eigenvalue weighted by molar-refractivity contribution is 6.00. The molecule has 8 atom stereocenters. The third kappa shape index (κ3) is 7.10. The van der Waals surface area contributed by atoms with Crippen LogP contribution in [0.5, 0.6) is 0 Å². The highest BCUT2D eigenvalue weighted by Gasteiger charge is 2.70. The lowest BCUT2D eigenvalue weighted by Gasteiger charge is -2.72. The average molecular weight is 773 g/mol. The number of fused-ring (bicyclic) bond motifs is 7. The summed E-state index contributed by atoms with van der Waals surface area (Å²) in [5, 5.41) is 9.64. The molecule has 1 amide bonds. The smallest absolute Gasteiger partial charge is 0.309 e. The molecule has 6 rings (SSSR count). The van der Waals surface area contributed by atoms with Crippen molar-refractivity contribution in [3.63, 3.8) is 0 Å². The molecule has 56 heavy (non-hydrogen) atoms. The number of carboxylic acids is 1. The summed E-state index contributed by atoms with van der Waals surface area (Å²) in [5.41, 5.74) is 2.26. The molecule has 1 N–H and O–H groups in total. The third-order valence-electron chi connectivity index (χ3n) is 16.8. The Kier molecular flexibility index (Phi) is 11.4. The SMILES string of the molecule is CC(C)C1=C2C3CCC4C5(C)CCC(OC(=O)CC(C)(C)C(=O)O)C(C)(C)C5CCC4(C)C3(C)CCC2(CCN(Cc2ccccc2)C(=O)CN(C)C)CC1=O. The molecule has 1 aromatic rings. The number of ketones is 1. The first-order valence-electron chi connectivity index (χ1n) is 21.7. The number of aliphatic carboxylic acids is 1. The predicted octanol–water partition coefficient (Wildman–Crippen LogP) is 9.36. The minimum Gasteiger partial charge on any atom is -0.481 e. The molecule has 0 bridgehead atoms. The van der Waals surface area contributed by atoms with Crippen molar-refractivity contribution in [1.82, 2.24) is 9.80 Å². The fraction of sp³-hybridized carbons (Fsp3) is 0.750. The average Bonchev–Trinajstić information content (AvgIpc) is 3.40. The lowest BCUT2D eigenvalue weighted by molar-refractivity contribution is -0.233. The second kappa shape index (κ2) is 15.0. The Morgan fingerprint density at radius 3 is 2.20 bits per heavy atom. The molecule has 8 heteroatoms. The van der Waals surface area contributed by atoms with Gasteiger partial charge in [0.2, 0.25) is 5.91 Å². The third-order valence-corrected chi connectivity index (χ3v) is 16.8. The van der Waals surface area contributed by atoms with Crippen LogP contribution in [-0.2, 0) is 30.5 Å². The van der Waals surface area contributed by atoms with E-state index in [1.54, 1.807) is 13.8 Å². The molecular formula is C48H72N2O6. The molecule has 1 aromatic carbocycles. The van der Waals surface area contributed by atoms with Gasteiger partial charge in [0.1, 0.15) is 6.10 Å². The van der Waals surface area contributed by atoms with E-state index in [9.17, 15) is 24.3 Å². The van der Waals surface area contributed by atoms with E-state index in [1.165, 1.54) is 5.57 Å². The zero-order valence-electron chi connectivity index (χ0n) is 36.6. The highest BCUT2D eigenvalue weighted by atomic mass is 16.5. The summed E-state index contributed by atoms with van der Waals surface area (Å²) in [6, 6.07) is 10.3. The number of esters is 1. The quantitative estimate of drug-likeness (QED) is 0.211. The number of hydrogen-bond acceptors (Lipinski definition) is 6. The normalized spacial score (nSPS) is 35.1. The summed E-state index contributed by atoms with van der Waals surface area (Å²) < 4.78 is 6.20. The number of rotatable bonds is 12. The molecule has 5 aliphatic carbocycles. The van der Waals surface area contributed by atoms with Gasteiger partial charge in [0.05, 0.1) is 18.4 Å². The van der Waals surface area contributed by atoms with Gasteiger partial charge in [-0.1, -0.05) is 84.4 Å². The van der Waals surface area contributed by atoms with Gasteiger partial charge >= 0.3 is 11.9 Å². The van der Waals surface area contributed by atoms with E-state index in [0.29, 0.717) is 49.6 Å². The first-order chi connectivity index (χ1) is 26.0. The van der Waals surface area contributed by atoms with Crippen LogP contribution in [0.2, 0.25) is 0 Å². The molecule has 0 spiro atoms. The van der Waals surface area contributed by atoms with Crippen LogP contribution >= 0.6 is 0 Å². The maximum absolute atomic E-state index is 14.3. The summed E-state index contributed by atoms with van der Waals surface area (Å²) in [6.45, 7) is 21.5. The van der Waals surface area contributed by atoms with Crippen LogP contribution in [0, 0.1) is 56.2 Å². The molecule has 8 unspecified atom stereocenters. The van der Waals surface area contributed by atoms with E-state index in [0.717, 1.165) is 68.9 Å². The van der Waals surface area contributed by atoms with Crippen molar-refractivity contribution in [3.05, 3.63) is 47.0 Å². The van der Waals surface area contributed by atoms with Crippen molar-refractivity contribution in [1.29, 1.82) is 0 Å². The maximum atomic E-state index is 14.3. The summed E-state index contributed by atoms with van der Waals surface area (Å²) >= 11 is 0. The lowest BCUT2D eigenvalue weighted by Crippen LogP contribution is -2.65. The summed E-state index contributed by atoms with van der Waals surface area (Å²) in [7, 11) is 3.89. The van der Waals surface area contributed by atoms with E-state index in [1.807, 2.05) is 42.1 Å². The van der Waals surface area contributed by atoms with Crippen LogP contribution in [0.1, 0.15) is 139 Å². The number of amides is 1. The number of carboxylic acid groups (broad SMARTS) is 1. The van der Waals surface area contributed by atoms with Crippen LogP contribution in [0.15, 0.2) is 41.5 Å². The van der Waals surface area contributed by atoms with Crippen LogP contribution < -0.4 is 0 Å². The minimum atomic E-state index is -1.16. The number of likely N-dealkylation sites (N-methyl/N-ethyl adjacent to an activating group) is 1. The van der Waals surface area contributed by atoms with Crippen LogP contribution in [0.3, 0.4) is 0 Å². The van der Waals surface area contributed by atoms with Gasteiger partial charge in [-0.25, -0.2) is 0 Å². The molecule has 4 saturated carbocycles. The molecule has 0 saturated heterocycles. The number of carbonyl (C=O) groups excluding carboxylic acids is 3. The van der Waals surface area contributed by atoms with E-state index in [2.05, 4.69) is 60.6 Å². The molecule has 0 aromatic heterocycles. The van der Waals surface area contributed by atoms with E-state index >= 15 is 0 Å². The van der Waals surface area contributed by atoms with Gasteiger partial charge in [-0.15, -0.1) is 0 Å². The monoisotopic (exact) mass is 773 g/mol. The molecule has 0 radical (unpaired) electrons. The number of carbonyl (C=O) groups is 4. The zero-order valence-corrected chi connectivity index (χ0v) is 36.6. The van der Waals surface area contributed by atoms with Gasteiger partial charge in [-0.3, -0.25) is 19.2 Å². The van der Waals surface area contributed by atoms with Gasteiger partial charge in [0.25, 0.3) is 0 Å². The maximum Gasteiger partial charge on any atom is 0.309 e. The van der Waals surface area contributed by atoms with Gasteiger partial charge in [-0.05, 0) is 137 Å². The highest BCUT2D eigenvalue weighted by Crippen LogP contribution is 2.77. The molecule has 0 aliphatic heterocycles. The van der Waals surface area contributed by atoms with Crippen LogP contribution in [0.25, 0.3) is 0 Å². The van der Waals surface area contributed by atoms with Gasteiger partial charge in [0, 0.05) is 30.3 Å². The van der Waals surface area contributed by atoms with Crippen molar-refractivity contribution in [3.8, 4) is 0 Å².